The number of phenols is 1. The third-order valence-electron chi connectivity index (χ3n) is 4.48. The number of hydrogen-bond acceptors (Lipinski definition) is 6. The topological polar surface area (TPSA) is 132 Å². The van der Waals surface area contributed by atoms with Crippen LogP contribution in [0.1, 0.15) is 66.0 Å². The van der Waals surface area contributed by atoms with Crippen molar-refractivity contribution >= 4 is 17.9 Å². The van der Waals surface area contributed by atoms with Gasteiger partial charge in [-0.1, -0.05) is 25.5 Å². The highest BCUT2D eigenvalue weighted by Gasteiger charge is 2.35. The van der Waals surface area contributed by atoms with Gasteiger partial charge in [-0.25, -0.2) is 4.79 Å². The van der Waals surface area contributed by atoms with Gasteiger partial charge >= 0.3 is 6.09 Å². The van der Waals surface area contributed by atoms with Crippen LogP contribution in [0, 0.1) is 11.3 Å². The van der Waals surface area contributed by atoms with Gasteiger partial charge < -0.3 is 25.4 Å². The summed E-state index contributed by atoms with van der Waals surface area (Å²) in [4.78, 5) is 39.6. The number of nitrogens with one attached hydrogen (secondary N) is 2. The van der Waals surface area contributed by atoms with Gasteiger partial charge in [0.1, 0.15) is 30.0 Å². The third kappa shape index (κ3) is 8.46. The van der Waals surface area contributed by atoms with E-state index < -0.39 is 42.1 Å². The number of phenolic OH excluding ortho intramolecular Hbond substituents is 1. The van der Waals surface area contributed by atoms with Gasteiger partial charge in [-0.2, -0.15) is 5.26 Å². The van der Waals surface area contributed by atoms with Crippen LogP contribution in [0.5, 0.6) is 5.75 Å². The summed E-state index contributed by atoms with van der Waals surface area (Å²) in [7, 11) is 0. The highest BCUT2D eigenvalue weighted by atomic mass is 16.6. The van der Waals surface area contributed by atoms with Gasteiger partial charge in [0.2, 0.25) is 11.8 Å². The number of rotatable bonds is 9. The zero-order valence-electron chi connectivity index (χ0n) is 19.6. The van der Waals surface area contributed by atoms with E-state index >= 15 is 0 Å². The Balaban J connectivity index is 3.25. The van der Waals surface area contributed by atoms with E-state index in [1.165, 1.54) is 19.1 Å². The molecule has 3 atom stereocenters. The fourth-order valence-electron chi connectivity index (χ4n) is 3.16. The molecule has 0 aliphatic carbocycles. The van der Waals surface area contributed by atoms with Crippen LogP contribution in [0.3, 0.4) is 0 Å². The summed E-state index contributed by atoms with van der Waals surface area (Å²) in [5.41, 5.74) is -0.405. The van der Waals surface area contributed by atoms with E-state index in [0.717, 1.165) is 17.7 Å². The number of ether oxygens (including phenoxy) is 1. The molecule has 0 aliphatic heterocycles. The van der Waals surface area contributed by atoms with Crippen LogP contribution >= 0.6 is 0 Å². The van der Waals surface area contributed by atoms with Gasteiger partial charge in [0.05, 0.1) is 6.07 Å². The number of nitriles is 1. The Morgan fingerprint density at radius 1 is 1.22 bits per heavy atom. The van der Waals surface area contributed by atoms with E-state index in [1.54, 1.807) is 32.9 Å². The van der Waals surface area contributed by atoms with Crippen molar-refractivity contribution in [1.29, 1.82) is 5.26 Å². The minimum atomic E-state index is -1.17. The second-order valence-electron chi connectivity index (χ2n) is 8.69. The molecule has 0 fully saturated rings. The molecule has 1 rings (SSSR count). The maximum atomic E-state index is 13.2. The van der Waals surface area contributed by atoms with Crippen molar-refractivity contribution in [3.63, 3.8) is 0 Å². The van der Waals surface area contributed by atoms with Gasteiger partial charge in [0.25, 0.3) is 0 Å². The Labute approximate surface area is 189 Å². The maximum absolute atomic E-state index is 13.2. The van der Waals surface area contributed by atoms with E-state index in [2.05, 4.69) is 10.6 Å². The van der Waals surface area contributed by atoms with Crippen LogP contribution in [0.2, 0.25) is 0 Å². The van der Waals surface area contributed by atoms with Gasteiger partial charge in [-0.3, -0.25) is 9.59 Å². The Kier molecular flexibility index (Phi) is 9.98. The first-order valence-electron chi connectivity index (χ1n) is 10.7. The number of hydrogen-bond donors (Lipinski definition) is 3. The van der Waals surface area contributed by atoms with Crippen molar-refractivity contribution in [2.45, 2.75) is 78.1 Å². The predicted molar refractivity (Wildman–Crippen MR) is 120 cm³/mol. The van der Waals surface area contributed by atoms with E-state index in [9.17, 15) is 24.8 Å². The molecule has 176 valence electrons. The predicted octanol–water partition coefficient (Wildman–Crippen LogP) is 3.00. The lowest BCUT2D eigenvalue weighted by molar-refractivity contribution is -0.141. The first-order valence-corrected chi connectivity index (χ1v) is 10.7. The summed E-state index contributed by atoms with van der Waals surface area (Å²) < 4.78 is 5.19. The average Bonchev–Trinajstić information content (AvgIpc) is 2.65. The normalized spacial score (nSPS) is 13.8. The van der Waals surface area contributed by atoms with Crippen LogP contribution in [0.25, 0.3) is 0 Å². The zero-order chi connectivity index (χ0) is 24.5. The fourth-order valence-corrected chi connectivity index (χ4v) is 3.16. The first kappa shape index (κ1) is 26.8. The Hall–Kier alpha value is -3.28. The highest BCUT2D eigenvalue weighted by Crippen LogP contribution is 2.25. The zero-order valence-corrected chi connectivity index (χ0v) is 19.6. The van der Waals surface area contributed by atoms with Crippen LogP contribution in [-0.2, 0) is 14.3 Å². The maximum Gasteiger partial charge on any atom is 0.408 e. The monoisotopic (exact) mass is 446 g/mol. The van der Waals surface area contributed by atoms with Crippen LogP contribution < -0.4 is 10.6 Å². The Morgan fingerprint density at radius 3 is 2.41 bits per heavy atom. The fraction of sp³-hybridized carbons (Fsp3) is 0.565. The Morgan fingerprint density at radius 2 is 1.88 bits per heavy atom. The summed E-state index contributed by atoms with van der Waals surface area (Å²) in [5, 5.41) is 24.6. The van der Waals surface area contributed by atoms with E-state index in [0.29, 0.717) is 5.56 Å². The van der Waals surface area contributed by atoms with Crippen LogP contribution in [-0.4, -0.2) is 52.1 Å². The van der Waals surface area contributed by atoms with Crippen molar-refractivity contribution in [1.82, 2.24) is 15.5 Å². The lowest BCUT2D eigenvalue weighted by Gasteiger charge is -2.32. The van der Waals surface area contributed by atoms with Gasteiger partial charge in [0, 0.05) is 6.04 Å². The lowest BCUT2D eigenvalue weighted by Crippen LogP contribution is -2.52. The summed E-state index contributed by atoms with van der Waals surface area (Å²) in [6.45, 7) is 9.99. The summed E-state index contributed by atoms with van der Waals surface area (Å²) in [6.07, 6.45) is 0.808. The standard InChI is InChI=1S/C23H34N4O5/c1-7-9-15(2)25-20(29)19(17-10-8-11-18(28)14-17)27(13-12-24)21(30)16(3)26-22(31)32-23(4,5)6/h8,10-11,14-16,19,28H,7,9,13H2,1-6H3,(H,25,29)(H,26,31). The van der Waals surface area contributed by atoms with E-state index in [1.807, 2.05) is 19.9 Å². The second-order valence-corrected chi connectivity index (χ2v) is 8.69. The lowest BCUT2D eigenvalue weighted by atomic mass is 10.0. The minimum absolute atomic E-state index is 0.0776. The number of carbonyl (C=O) groups excluding carboxylic acids is 3. The summed E-state index contributed by atoms with van der Waals surface area (Å²) >= 11 is 0. The molecule has 9 nitrogen and oxygen atoms in total. The molecular weight excluding hydrogens is 412 g/mol. The van der Waals surface area contributed by atoms with Gasteiger partial charge in [0.15, 0.2) is 0 Å². The van der Waals surface area contributed by atoms with Crippen LogP contribution in [0.15, 0.2) is 24.3 Å². The van der Waals surface area contributed by atoms with Crippen molar-refractivity contribution in [3.05, 3.63) is 29.8 Å². The molecule has 3 N–H and O–H groups in total. The highest BCUT2D eigenvalue weighted by molar-refractivity contribution is 5.92. The van der Waals surface area contributed by atoms with Crippen LogP contribution in [0.4, 0.5) is 4.79 Å². The third-order valence-corrected chi connectivity index (χ3v) is 4.48. The van der Waals surface area contributed by atoms with Crippen molar-refractivity contribution < 1.29 is 24.2 Å². The molecule has 1 aromatic rings. The summed E-state index contributed by atoms with van der Waals surface area (Å²) in [6, 6.07) is 5.50. The number of nitrogens with zero attached hydrogens (tertiary/aromatic N) is 2. The molecule has 0 spiro atoms. The molecule has 9 heteroatoms. The van der Waals surface area contributed by atoms with Gasteiger partial charge in [-0.05, 0) is 58.7 Å². The molecule has 0 bridgehead atoms. The summed E-state index contributed by atoms with van der Waals surface area (Å²) in [5.74, 6) is -1.19. The van der Waals surface area contributed by atoms with E-state index in [4.69, 9.17) is 4.74 Å². The SMILES string of the molecule is CCCC(C)NC(=O)C(c1cccc(O)c1)N(CC#N)C(=O)C(C)NC(=O)OC(C)(C)C. The number of aromatic hydroxyl groups is 1. The quantitative estimate of drug-likeness (QED) is 0.500. The molecule has 32 heavy (non-hydrogen) atoms. The van der Waals surface area contributed by atoms with Gasteiger partial charge in [-0.15, -0.1) is 0 Å². The molecule has 1 aromatic carbocycles. The van der Waals surface area contributed by atoms with Crippen molar-refractivity contribution in [2.24, 2.45) is 0 Å². The largest absolute Gasteiger partial charge is 0.508 e. The number of benzene rings is 1. The first-order chi connectivity index (χ1) is 14.9. The smallest absolute Gasteiger partial charge is 0.408 e. The number of alkyl carbamates (subject to hydrolysis) is 1. The minimum Gasteiger partial charge on any atom is -0.508 e. The average molecular weight is 447 g/mol. The molecule has 0 radical (unpaired) electrons. The Bertz CT molecular complexity index is 844. The molecule has 3 unspecified atom stereocenters. The number of carbonyl (C=O) groups is 3. The molecule has 0 aromatic heterocycles. The van der Waals surface area contributed by atoms with Crippen molar-refractivity contribution in [3.8, 4) is 11.8 Å². The molecule has 0 heterocycles. The number of amides is 3. The molecular formula is C23H34N4O5. The molecule has 0 saturated heterocycles. The van der Waals surface area contributed by atoms with E-state index in [-0.39, 0.29) is 11.8 Å². The molecule has 0 saturated carbocycles. The molecule has 0 aliphatic rings. The molecule has 3 amide bonds. The second kappa shape index (κ2) is 11.9. The van der Waals surface area contributed by atoms with Crippen molar-refractivity contribution in [2.75, 3.05) is 6.54 Å².